The number of allylic oxidation sites excluding steroid dienone is 3. The highest BCUT2D eigenvalue weighted by Gasteiger charge is 2.19. The van der Waals surface area contributed by atoms with Crippen molar-refractivity contribution >= 4 is 47.9 Å². The highest BCUT2D eigenvalue weighted by atomic mass is 35.5. The lowest BCUT2D eigenvalue weighted by Crippen LogP contribution is -2.48. The molecule has 226 valence electrons. The van der Waals surface area contributed by atoms with Gasteiger partial charge in [-0.15, -0.1) is 0 Å². The van der Waals surface area contributed by atoms with Crippen LogP contribution in [0.5, 0.6) is 5.75 Å². The molecule has 0 fully saturated rings. The Morgan fingerprint density at radius 2 is 1.69 bits per heavy atom. The van der Waals surface area contributed by atoms with Gasteiger partial charge < -0.3 is 14.7 Å². The van der Waals surface area contributed by atoms with E-state index in [2.05, 4.69) is 15.3 Å². The van der Waals surface area contributed by atoms with Crippen molar-refractivity contribution in [2.75, 3.05) is 13.6 Å². The molecule has 0 aliphatic rings. The van der Waals surface area contributed by atoms with Gasteiger partial charge >= 0.3 is 6.03 Å². The third-order valence-electron chi connectivity index (χ3n) is 4.98. The number of nitrogens with one attached hydrogen (secondary N) is 1. The Balaban J connectivity index is 0.00000206. The third kappa shape index (κ3) is 14.7. The number of benzene rings is 2. The van der Waals surface area contributed by atoms with Crippen LogP contribution in [-0.4, -0.2) is 65.5 Å². The number of urea groups is 1. The Labute approximate surface area is 248 Å². The summed E-state index contributed by atoms with van der Waals surface area (Å²) in [7, 11) is 1.22. The fourth-order valence-electron chi connectivity index (χ4n) is 2.85. The number of aliphatic carboxylic acids is 1. The van der Waals surface area contributed by atoms with Gasteiger partial charge in [0.1, 0.15) is 11.5 Å². The van der Waals surface area contributed by atoms with Crippen molar-refractivity contribution in [3.63, 3.8) is 0 Å². The van der Waals surface area contributed by atoms with Crippen LogP contribution in [0.15, 0.2) is 82.1 Å². The molecule has 2 N–H and O–H groups in total. The van der Waals surface area contributed by atoms with Crippen molar-refractivity contribution in [2.24, 2.45) is 9.98 Å². The zero-order valence-electron chi connectivity index (χ0n) is 23.9. The van der Waals surface area contributed by atoms with Gasteiger partial charge in [0, 0.05) is 25.2 Å². The van der Waals surface area contributed by atoms with Crippen LogP contribution in [0.3, 0.4) is 0 Å². The van der Waals surface area contributed by atoms with E-state index in [1.165, 1.54) is 7.05 Å². The van der Waals surface area contributed by atoms with Gasteiger partial charge in [0.2, 0.25) is 12.4 Å². The minimum atomic E-state index is -2.72. The van der Waals surface area contributed by atoms with Gasteiger partial charge in [0.15, 0.2) is 0 Å². The first-order chi connectivity index (χ1) is 19.8. The van der Waals surface area contributed by atoms with E-state index < -0.39 is 25.0 Å². The summed E-state index contributed by atoms with van der Waals surface area (Å²) in [6.07, 6.45) is 3.00. The fourth-order valence-corrected chi connectivity index (χ4v) is 2.98. The van der Waals surface area contributed by atoms with E-state index >= 15 is 0 Å². The van der Waals surface area contributed by atoms with Crippen LogP contribution in [0, 0.1) is 0 Å². The highest BCUT2D eigenvalue weighted by Crippen LogP contribution is 2.21. The van der Waals surface area contributed by atoms with E-state index in [0.29, 0.717) is 34.2 Å². The summed E-state index contributed by atoms with van der Waals surface area (Å²) in [5.74, 6) is 0.109. The van der Waals surface area contributed by atoms with Gasteiger partial charge in [-0.2, -0.15) is 0 Å². The number of amides is 3. The number of carboxylic acids is 1. The zero-order valence-corrected chi connectivity index (χ0v) is 24.7. The molecular formula is C29H34ClF2N5O5. The first-order valence-electron chi connectivity index (χ1n) is 12.5. The molecule has 0 atom stereocenters. The molecule has 0 saturated heterocycles. The lowest BCUT2D eigenvalue weighted by atomic mass is 10.2. The van der Waals surface area contributed by atoms with Crippen molar-refractivity contribution in [1.29, 1.82) is 0 Å². The molecule has 0 radical (unpaired) electrons. The van der Waals surface area contributed by atoms with Crippen LogP contribution < -0.4 is 10.1 Å². The monoisotopic (exact) mass is 605 g/mol. The molecule has 2 aromatic rings. The first kappa shape index (κ1) is 35.4. The van der Waals surface area contributed by atoms with Gasteiger partial charge in [0.05, 0.1) is 25.0 Å². The smallest absolute Gasteiger partial charge is 0.324 e. The van der Waals surface area contributed by atoms with Crippen molar-refractivity contribution in [3.8, 4) is 5.75 Å². The van der Waals surface area contributed by atoms with Crippen molar-refractivity contribution in [2.45, 2.75) is 40.7 Å². The molecule has 0 aliphatic heterocycles. The summed E-state index contributed by atoms with van der Waals surface area (Å²) in [5, 5.41) is 10.4. The number of carbonyl (C=O) groups excluding carboxylic acids is 2. The third-order valence-corrected chi connectivity index (χ3v) is 5.24. The van der Waals surface area contributed by atoms with E-state index in [-0.39, 0.29) is 12.5 Å². The topological polar surface area (TPSA) is 124 Å². The van der Waals surface area contributed by atoms with E-state index in [1.54, 1.807) is 67.9 Å². The Morgan fingerprint density at radius 3 is 2.21 bits per heavy atom. The summed E-state index contributed by atoms with van der Waals surface area (Å²) in [6, 6.07) is 12.5. The number of guanidine groups is 1. The summed E-state index contributed by atoms with van der Waals surface area (Å²) >= 11 is 5.93. The average molecular weight is 606 g/mol. The summed E-state index contributed by atoms with van der Waals surface area (Å²) in [4.78, 5) is 44.0. The lowest BCUT2D eigenvalue weighted by Gasteiger charge is -2.23. The number of aliphatic imine (C=N–C) groups is 2. The van der Waals surface area contributed by atoms with E-state index in [0.717, 1.165) is 22.3 Å². The van der Waals surface area contributed by atoms with Crippen LogP contribution >= 0.6 is 11.6 Å². The molecule has 3 amide bonds. The molecule has 0 unspecified atom stereocenters. The molecule has 0 saturated carbocycles. The number of halogens is 3. The highest BCUT2D eigenvalue weighted by molar-refractivity contribution is 6.30. The van der Waals surface area contributed by atoms with Gasteiger partial charge in [-0.25, -0.2) is 18.6 Å². The Kier molecular flexibility index (Phi) is 15.8. The number of ether oxygens (including phenoxy) is 1. The lowest BCUT2D eigenvalue weighted by molar-refractivity contribution is -0.134. The van der Waals surface area contributed by atoms with Crippen LogP contribution in [0.2, 0.25) is 5.02 Å². The van der Waals surface area contributed by atoms with Crippen molar-refractivity contribution in [1.82, 2.24) is 15.1 Å². The maximum atomic E-state index is 12.8. The number of carbonyl (C=O) groups is 3. The number of alkyl halides is 2. The number of hydrogen-bond donors (Lipinski definition) is 2. The molecule has 42 heavy (non-hydrogen) atoms. The summed E-state index contributed by atoms with van der Waals surface area (Å²) in [5.41, 5.74) is 2.11. The predicted octanol–water partition coefficient (Wildman–Crippen LogP) is 6.26. The molecule has 0 bridgehead atoms. The second-order valence-corrected chi connectivity index (χ2v) is 9.10. The van der Waals surface area contributed by atoms with Gasteiger partial charge in [0.25, 0.3) is 12.4 Å². The Hall–Kier alpha value is -4.58. The van der Waals surface area contributed by atoms with Gasteiger partial charge in [-0.1, -0.05) is 29.8 Å². The number of nitrogens with zero attached hydrogens (tertiary/aromatic N) is 4. The standard InChI is InChI=1S/C27H30ClF2N5O3.C2H4O2/c1-5-19(2)14-31-15-20(3)38-24-12-10-23(11-13-24)32-26(33-27(37)34(4)17-25(29)30)35(18-36)16-21-6-8-22(28)9-7-21;1-2(3)4/h5-15,18,25H,16-17H2,1-4H3,(H,32,33,37);1H3,(H,3,4)/b19-5-,20-15+,31-14-;. The number of hydrogen-bond acceptors (Lipinski definition) is 6. The quantitative estimate of drug-likeness (QED) is 0.143. The number of carboxylic acid groups (broad SMARTS) is 1. The van der Waals surface area contributed by atoms with E-state index in [4.69, 9.17) is 26.2 Å². The van der Waals surface area contributed by atoms with Crippen molar-refractivity contribution < 1.29 is 33.0 Å². The molecule has 10 nitrogen and oxygen atoms in total. The second-order valence-electron chi connectivity index (χ2n) is 8.66. The SMILES string of the molecule is CC(=O)O.C\C=C(C)/C=N\C=C(/C)Oc1ccc(N=C(NC(=O)N(C)CC(F)F)N(C=O)Cc2ccc(Cl)cc2)cc1. The van der Waals surface area contributed by atoms with Gasteiger partial charge in [-0.3, -0.25) is 24.8 Å². The molecule has 0 heterocycles. The Bertz CT molecular complexity index is 1290. The molecule has 0 aromatic heterocycles. The van der Waals surface area contributed by atoms with Crippen LogP contribution in [-0.2, 0) is 16.1 Å². The second kappa shape index (κ2) is 18.7. The number of rotatable bonds is 10. The first-order valence-corrected chi connectivity index (χ1v) is 12.9. The summed E-state index contributed by atoms with van der Waals surface area (Å²) < 4.78 is 31.3. The molecule has 13 heteroatoms. The maximum absolute atomic E-state index is 12.8. The maximum Gasteiger partial charge on any atom is 0.324 e. The molecule has 2 rings (SSSR count). The molecule has 2 aromatic carbocycles. The van der Waals surface area contributed by atoms with Crippen molar-refractivity contribution in [3.05, 3.63) is 82.7 Å². The predicted molar refractivity (Wildman–Crippen MR) is 159 cm³/mol. The van der Waals surface area contributed by atoms with Crippen LogP contribution in [0.4, 0.5) is 19.3 Å². The van der Waals surface area contributed by atoms with E-state index in [1.807, 2.05) is 19.9 Å². The largest absolute Gasteiger partial charge is 0.481 e. The van der Waals surface area contributed by atoms with E-state index in [9.17, 15) is 18.4 Å². The fraction of sp³-hybridized carbons (Fsp3) is 0.276. The minimum absolute atomic E-state index is 0.0523. The Morgan fingerprint density at radius 1 is 1.10 bits per heavy atom. The zero-order chi connectivity index (χ0) is 31.7. The molecule has 0 aliphatic carbocycles. The van der Waals surface area contributed by atoms with Gasteiger partial charge in [-0.05, 0) is 68.3 Å². The van der Waals surface area contributed by atoms with Crippen LogP contribution in [0.25, 0.3) is 0 Å². The normalized spacial score (nSPS) is 12.0. The summed E-state index contributed by atoms with van der Waals surface area (Å²) in [6.45, 7) is 5.96. The molecule has 0 spiro atoms. The van der Waals surface area contributed by atoms with Crippen LogP contribution in [0.1, 0.15) is 33.3 Å². The minimum Gasteiger partial charge on any atom is -0.481 e. The molecular weight excluding hydrogens is 572 g/mol. The average Bonchev–Trinajstić information content (AvgIpc) is 2.92.